The number of methoxy groups -OCH3 is 1. The molecule has 0 spiro atoms. The summed E-state index contributed by atoms with van der Waals surface area (Å²) in [6.45, 7) is 3.68. The predicted molar refractivity (Wildman–Crippen MR) is 126 cm³/mol. The van der Waals surface area contributed by atoms with Gasteiger partial charge in [-0.15, -0.1) is 0 Å². The van der Waals surface area contributed by atoms with Crippen LogP contribution >= 0.6 is 0 Å². The lowest BCUT2D eigenvalue weighted by atomic mass is 9.69. The second-order valence-electron chi connectivity index (χ2n) is 9.65. The first kappa shape index (κ1) is 24.0. The molecule has 7 heteroatoms. The molecule has 7 nitrogen and oxygen atoms in total. The fraction of sp³-hybridized carbons (Fsp3) is 0.519. The zero-order chi connectivity index (χ0) is 24.4. The molecule has 3 aliphatic rings. The van der Waals surface area contributed by atoms with E-state index in [9.17, 15) is 19.5 Å². The third-order valence-electron chi connectivity index (χ3n) is 7.27. The second kappa shape index (κ2) is 10.0. The van der Waals surface area contributed by atoms with Gasteiger partial charge >= 0.3 is 11.9 Å². The summed E-state index contributed by atoms with van der Waals surface area (Å²) in [5.41, 5.74) is 2.83. The third-order valence-corrected chi connectivity index (χ3v) is 7.27. The van der Waals surface area contributed by atoms with Crippen LogP contribution in [-0.4, -0.2) is 36.0 Å². The number of phenols is 1. The Kier molecular flexibility index (Phi) is 7.10. The quantitative estimate of drug-likeness (QED) is 0.387. The molecule has 1 heterocycles. The first-order chi connectivity index (χ1) is 16.3. The van der Waals surface area contributed by atoms with Crippen LogP contribution in [0.5, 0.6) is 5.75 Å². The number of ether oxygens (including phenoxy) is 2. The van der Waals surface area contributed by atoms with Gasteiger partial charge in [-0.3, -0.25) is 9.59 Å². The number of carbonyl (C=O) groups excluding carboxylic acids is 3. The fourth-order valence-corrected chi connectivity index (χ4v) is 5.53. The van der Waals surface area contributed by atoms with E-state index in [2.05, 4.69) is 5.32 Å². The van der Waals surface area contributed by atoms with Crippen LogP contribution in [0.3, 0.4) is 0 Å². The van der Waals surface area contributed by atoms with Crippen molar-refractivity contribution in [2.75, 3.05) is 7.11 Å². The third kappa shape index (κ3) is 4.61. The molecule has 4 rings (SSSR count). The van der Waals surface area contributed by atoms with Crippen molar-refractivity contribution >= 4 is 17.7 Å². The van der Waals surface area contributed by atoms with Crippen LogP contribution in [0.25, 0.3) is 0 Å². The molecule has 1 aliphatic heterocycles. The maximum absolute atomic E-state index is 13.7. The summed E-state index contributed by atoms with van der Waals surface area (Å²) in [4.78, 5) is 39.8. The van der Waals surface area contributed by atoms with Crippen LogP contribution in [0.2, 0.25) is 0 Å². The van der Waals surface area contributed by atoms with Crippen LogP contribution in [0.15, 0.2) is 46.8 Å². The monoisotopic (exact) mass is 467 g/mol. The van der Waals surface area contributed by atoms with Crippen molar-refractivity contribution in [3.8, 4) is 5.75 Å². The number of benzene rings is 1. The number of hydrogen-bond acceptors (Lipinski definition) is 7. The Hall–Kier alpha value is -3.09. The van der Waals surface area contributed by atoms with Crippen molar-refractivity contribution in [3.63, 3.8) is 0 Å². The van der Waals surface area contributed by atoms with Crippen molar-refractivity contribution in [2.24, 2.45) is 11.8 Å². The molecule has 182 valence electrons. The highest BCUT2D eigenvalue weighted by Crippen LogP contribution is 2.45. The van der Waals surface area contributed by atoms with Gasteiger partial charge in [-0.05, 0) is 62.6 Å². The van der Waals surface area contributed by atoms with Crippen LogP contribution in [0.4, 0.5) is 0 Å². The summed E-state index contributed by atoms with van der Waals surface area (Å²) in [5.74, 6) is -3.11. The number of dihydropyridines is 1. The number of phenolic OH excluding ortho intramolecular Hbond substituents is 1. The predicted octanol–water partition coefficient (Wildman–Crippen LogP) is 4.27. The normalized spacial score (nSPS) is 25.9. The fourth-order valence-electron chi connectivity index (χ4n) is 5.53. The van der Waals surface area contributed by atoms with E-state index < -0.39 is 23.8 Å². The molecule has 0 amide bonds. The SMILES string of the molecule is COC(=O)[C@@H]1C(=O)C2=C(C[C@@H]1C)NC(C)=C(C(=O)OC1CCCCCC1)[C@@H]2c1ccc(O)cc1. The topological polar surface area (TPSA) is 102 Å². The summed E-state index contributed by atoms with van der Waals surface area (Å²) in [5, 5.41) is 13.1. The number of Topliss-reactive ketones (excluding diaryl/α,β-unsaturated/α-hetero) is 1. The van der Waals surface area contributed by atoms with Gasteiger partial charge in [-0.2, -0.15) is 0 Å². The maximum atomic E-state index is 13.7. The first-order valence-electron chi connectivity index (χ1n) is 12.1. The van der Waals surface area contributed by atoms with E-state index >= 15 is 0 Å². The lowest BCUT2D eigenvalue weighted by Crippen LogP contribution is -2.43. The summed E-state index contributed by atoms with van der Waals surface area (Å²) >= 11 is 0. The van der Waals surface area contributed by atoms with Crippen LogP contribution in [0.1, 0.15) is 70.3 Å². The zero-order valence-corrected chi connectivity index (χ0v) is 20.1. The molecule has 0 bridgehead atoms. The lowest BCUT2D eigenvalue weighted by Gasteiger charge is -2.38. The second-order valence-corrected chi connectivity index (χ2v) is 9.65. The number of aromatic hydroxyl groups is 1. The Bertz CT molecular complexity index is 1030. The highest BCUT2D eigenvalue weighted by atomic mass is 16.5. The number of carbonyl (C=O) groups is 3. The van der Waals surface area contributed by atoms with Crippen molar-refractivity contribution in [2.45, 2.75) is 70.8 Å². The van der Waals surface area contributed by atoms with Crippen LogP contribution < -0.4 is 5.32 Å². The van der Waals surface area contributed by atoms with Gasteiger partial charge < -0.3 is 19.9 Å². The van der Waals surface area contributed by atoms with Gasteiger partial charge in [0.1, 0.15) is 17.8 Å². The Balaban J connectivity index is 1.76. The van der Waals surface area contributed by atoms with E-state index in [-0.39, 0.29) is 23.6 Å². The van der Waals surface area contributed by atoms with Crippen LogP contribution in [-0.2, 0) is 23.9 Å². The largest absolute Gasteiger partial charge is 0.508 e. The molecule has 1 aromatic rings. The Morgan fingerprint density at radius 2 is 1.71 bits per heavy atom. The van der Waals surface area contributed by atoms with Crippen molar-refractivity contribution < 1.29 is 29.0 Å². The molecule has 0 radical (unpaired) electrons. The lowest BCUT2D eigenvalue weighted by molar-refractivity contribution is -0.151. The average Bonchev–Trinajstić information content (AvgIpc) is 3.07. The summed E-state index contributed by atoms with van der Waals surface area (Å²) in [7, 11) is 1.28. The van der Waals surface area contributed by atoms with Crippen LogP contribution in [0, 0.1) is 11.8 Å². The highest BCUT2D eigenvalue weighted by Gasteiger charge is 2.47. The van der Waals surface area contributed by atoms with Crippen molar-refractivity contribution in [3.05, 3.63) is 52.4 Å². The maximum Gasteiger partial charge on any atom is 0.337 e. The molecule has 0 aromatic heterocycles. The van der Waals surface area contributed by atoms with Gasteiger partial charge in [0.25, 0.3) is 0 Å². The molecular weight excluding hydrogens is 434 g/mol. The van der Waals surface area contributed by atoms with Gasteiger partial charge in [0.15, 0.2) is 5.78 Å². The van der Waals surface area contributed by atoms with Crippen molar-refractivity contribution in [1.29, 1.82) is 0 Å². The number of rotatable bonds is 4. The van der Waals surface area contributed by atoms with E-state index in [1.54, 1.807) is 12.1 Å². The molecule has 1 fully saturated rings. The zero-order valence-electron chi connectivity index (χ0n) is 20.1. The number of esters is 2. The van der Waals surface area contributed by atoms with Gasteiger partial charge in [-0.1, -0.05) is 31.9 Å². The van der Waals surface area contributed by atoms with E-state index in [0.717, 1.165) is 44.2 Å². The number of hydrogen-bond donors (Lipinski definition) is 2. The summed E-state index contributed by atoms with van der Waals surface area (Å²) in [6.07, 6.45) is 6.36. The van der Waals surface area contributed by atoms with E-state index in [0.29, 0.717) is 28.8 Å². The molecule has 0 unspecified atom stereocenters. The Labute approximate surface area is 200 Å². The molecule has 34 heavy (non-hydrogen) atoms. The summed E-state index contributed by atoms with van der Waals surface area (Å²) in [6, 6.07) is 6.49. The average molecular weight is 468 g/mol. The number of ketones is 1. The van der Waals surface area contributed by atoms with Gasteiger partial charge in [-0.25, -0.2) is 4.79 Å². The van der Waals surface area contributed by atoms with E-state index in [1.165, 1.54) is 19.2 Å². The minimum Gasteiger partial charge on any atom is -0.508 e. The molecule has 0 saturated heterocycles. The standard InChI is InChI=1S/C27H33NO6/c1-15-14-20-24(25(30)21(15)26(31)33-3)23(17-10-12-18(29)13-11-17)22(16(2)28-20)27(32)34-19-8-6-4-5-7-9-19/h10-13,15,19,21,23,28-29H,4-9,14H2,1-3H3/t15-,21-,23-/m0/s1. The van der Waals surface area contributed by atoms with Gasteiger partial charge in [0.05, 0.1) is 12.7 Å². The Morgan fingerprint density at radius 3 is 2.32 bits per heavy atom. The van der Waals surface area contributed by atoms with E-state index in [1.807, 2.05) is 13.8 Å². The smallest absolute Gasteiger partial charge is 0.337 e. The van der Waals surface area contributed by atoms with E-state index in [4.69, 9.17) is 9.47 Å². The molecule has 2 N–H and O–H groups in total. The number of allylic oxidation sites excluding steroid dienone is 3. The minimum atomic E-state index is -0.928. The van der Waals surface area contributed by atoms with Gasteiger partial charge in [0, 0.05) is 22.9 Å². The molecule has 2 aliphatic carbocycles. The number of nitrogens with one attached hydrogen (secondary N) is 1. The molecule has 3 atom stereocenters. The Morgan fingerprint density at radius 1 is 1.06 bits per heavy atom. The molecular formula is C27H33NO6. The van der Waals surface area contributed by atoms with Gasteiger partial charge in [0.2, 0.25) is 0 Å². The molecule has 1 aromatic carbocycles. The summed E-state index contributed by atoms with van der Waals surface area (Å²) < 4.78 is 10.9. The molecule has 1 saturated carbocycles. The first-order valence-corrected chi connectivity index (χ1v) is 12.1. The highest BCUT2D eigenvalue weighted by molar-refractivity contribution is 6.12. The minimum absolute atomic E-state index is 0.0891. The van der Waals surface area contributed by atoms with Crippen molar-refractivity contribution in [1.82, 2.24) is 5.32 Å².